The van der Waals surface area contributed by atoms with E-state index < -0.39 is 10.0 Å². The topological polar surface area (TPSA) is 69.7 Å². The number of nitrogens with zero attached hydrogens (tertiary/aromatic N) is 2. The molecule has 6 nitrogen and oxygen atoms in total. The van der Waals surface area contributed by atoms with Crippen molar-refractivity contribution in [1.82, 2.24) is 14.5 Å². The first-order chi connectivity index (χ1) is 12.8. The zero-order valence-corrected chi connectivity index (χ0v) is 18.7. The van der Waals surface area contributed by atoms with Crippen LogP contribution in [0.5, 0.6) is 0 Å². The molecule has 1 aliphatic rings. The Labute approximate surface area is 167 Å². The molecule has 1 N–H and O–H groups in total. The molecule has 0 unspecified atom stereocenters. The van der Waals surface area contributed by atoms with Crippen molar-refractivity contribution in [2.24, 2.45) is 5.92 Å². The minimum Gasteiger partial charge on any atom is -0.352 e. The van der Waals surface area contributed by atoms with Crippen LogP contribution in [0.4, 0.5) is 0 Å². The number of unbranched alkanes of at least 4 members (excludes halogenated alkanes) is 4. The number of hydrogen-bond donors (Lipinski definition) is 1. The zero-order chi connectivity index (χ0) is 20.3. The molecule has 1 saturated heterocycles. The van der Waals surface area contributed by atoms with E-state index in [0.29, 0.717) is 25.9 Å². The second-order valence-corrected chi connectivity index (χ2v) is 10.0. The number of carbonyl (C=O) groups is 1. The first-order valence-electron chi connectivity index (χ1n) is 10.8. The summed E-state index contributed by atoms with van der Waals surface area (Å²) in [6.07, 6.45) is 9.85. The Morgan fingerprint density at radius 1 is 1.07 bits per heavy atom. The summed E-state index contributed by atoms with van der Waals surface area (Å²) in [5.74, 6) is 0.0109. The molecule has 0 bridgehead atoms. The lowest BCUT2D eigenvalue weighted by Crippen LogP contribution is -2.47. The molecule has 1 aliphatic heterocycles. The van der Waals surface area contributed by atoms with Gasteiger partial charge in [0.2, 0.25) is 15.9 Å². The van der Waals surface area contributed by atoms with Crippen molar-refractivity contribution in [3.05, 3.63) is 0 Å². The molecule has 1 fully saturated rings. The molecule has 0 aromatic rings. The van der Waals surface area contributed by atoms with Gasteiger partial charge in [0.05, 0.1) is 6.26 Å². The second kappa shape index (κ2) is 12.7. The standard InChI is InChI=1S/C20H41N3O3S/c1-5-7-9-13-22(14-10-8-6-2)17-18(3)21-20(24)19-11-15-23(16-12-19)27(4,25)26/h18-19H,5-17H2,1-4H3,(H,21,24)/t18-/m1/s1. The minimum absolute atomic E-state index is 0.0703. The highest BCUT2D eigenvalue weighted by atomic mass is 32.2. The van der Waals surface area contributed by atoms with E-state index in [9.17, 15) is 13.2 Å². The van der Waals surface area contributed by atoms with Gasteiger partial charge in [-0.3, -0.25) is 4.79 Å². The quantitative estimate of drug-likeness (QED) is 0.480. The molecule has 1 rings (SSSR count). The molecule has 1 amide bonds. The van der Waals surface area contributed by atoms with Crippen molar-refractivity contribution in [3.63, 3.8) is 0 Å². The average Bonchev–Trinajstić information content (AvgIpc) is 2.61. The number of amides is 1. The number of hydrogen-bond acceptors (Lipinski definition) is 4. The van der Waals surface area contributed by atoms with Crippen LogP contribution in [0, 0.1) is 5.92 Å². The summed E-state index contributed by atoms with van der Waals surface area (Å²) in [6.45, 7) is 10.5. The van der Waals surface area contributed by atoms with E-state index in [0.717, 1.165) is 19.6 Å². The Balaban J connectivity index is 2.42. The van der Waals surface area contributed by atoms with Crippen LogP contribution in [0.15, 0.2) is 0 Å². The summed E-state index contributed by atoms with van der Waals surface area (Å²) in [5.41, 5.74) is 0. The summed E-state index contributed by atoms with van der Waals surface area (Å²) in [7, 11) is -3.14. The predicted octanol–water partition coefficient (Wildman–Crippen LogP) is 2.85. The fraction of sp³-hybridized carbons (Fsp3) is 0.950. The maximum Gasteiger partial charge on any atom is 0.223 e. The first kappa shape index (κ1) is 24.4. The fourth-order valence-corrected chi connectivity index (χ4v) is 4.58. The molecular formula is C20H41N3O3S. The molecule has 7 heteroatoms. The zero-order valence-electron chi connectivity index (χ0n) is 17.9. The smallest absolute Gasteiger partial charge is 0.223 e. The second-order valence-electron chi connectivity index (χ2n) is 8.06. The molecule has 0 aliphatic carbocycles. The van der Waals surface area contributed by atoms with E-state index in [2.05, 4.69) is 31.0 Å². The number of carbonyl (C=O) groups excluding carboxylic acids is 1. The van der Waals surface area contributed by atoms with Gasteiger partial charge in [0.1, 0.15) is 0 Å². The Morgan fingerprint density at radius 3 is 2.04 bits per heavy atom. The number of nitrogens with one attached hydrogen (secondary N) is 1. The van der Waals surface area contributed by atoms with E-state index in [4.69, 9.17) is 0 Å². The Kier molecular flexibility index (Phi) is 11.5. The van der Waals surface area contributed by atoms with Crippen molar-refractivity contribution in [2.75, 3.05) is 39.0 Å². The number of rotatable bonds is 13. The Morgan fingerprint density at radius 2 is 1.59 bits per heavy atom. The summed E-state index contributed by atoms with van der Waals surface area (Å²) >= 11 is 0. The monoisotopic (exact) mass is 403 g/mol. The van der Waals surface area contributed by atoms with Gasteiger partial charge in [-0.2, -0.15) is 0 Å². The highest BCUT2D eigenvalue weighted by Crippen LogP contribution is 2.19. The van der Waals surface area contributed by atoms with Crippen molar-refractivity contribution in [1.29, 1.82) is 0 Å². The molecule has 160 valence electrons. The number of sulfonamides is 1. The van der Waals surface area contributed by atoms with Crippen molar-refractivity contribution < 1.29 is 13.2 Å². The molecule has 27 heavy (non-hydrogen) atoms. The largest absolute Gasteiger partial charge is 0.352 e. The molecule has 1 atom stereocenters. The van der Waals surface area contributed by atoms with Crippen molar-refractivity contribution in [2.45, 2.75) is 78.2 Å². The molecule has 0 aromatic carbocycles. The molecule has 0 spiro atoms. The van der Waals surface area contributed by atoms with Crippen LogP contribution in [-0.4, -0.2) is 68.6 Å². The van der Waals surface area contributed by atoms with E-state index >= 15 is 0 Å². The molecule has 0 aromatic heterocycles. The van der Waals surface area contributed by atoms with Gasteiger partial charge in [0, 0.05) is 31.6 Å². The summed E-state index contributed by atoms with van der Waals surface area (Å²) in [5, 5.41) is 3.17. The van der Waals surface area contributed by atoms with Gasteiger partial charge in [-0.05, 0) is 45.7 Å². The van der Waals surface area contributed by atoms with Gasteiger partial charge < -0.3 is 10.2 Å². The first-order valence-corrected chi connectivity index (χ1v) is 12.6. The van der Waals surface area contributed by atoms with Gasteiger partial charge in [-0.1, -0.05) is 39.5 Å². The highest BCUT2D eigenvalue weighted by molar-refractivity contribution is 7.88. The van der Waals surface area contributed by atoms with Crippen LogP contribution < -0.4 is 5.32 Å². The molecule has 0 saturated carbocycles. The van der Waals surface area contributed by atoms with Crippen LogP contribution in [0.3, 0.4) is 0 Å². The summed E-state index contributed by atoms with van der Waals surface area (Å²) in [6, 6.07) is 0.119. The van der Waals surface area contributed by atoms with Crippen molar-refractivity contribution in [3.8, 4) is 0 Å². The lowest BCUT2D eigenvalue weighted by atomic mass is 9.97. The fourth-order valence-electron chi connectivity index (χ4n) is 3.71. The molecule has 1 heterocycles. The average molecular weight is 404 g/mol. The maximum atomic E-state index is 12.6. The predicted molar refractivity (Wildman–Crippen MR) is 112 cm³/mol. The third-order valence-corrected chi connectivity index (χ3v) is 6.67. The Hall–Kier alpha value is -0.660. The summed E-state index contributed by atoms with van der Waals surface area (Å²) < 4.78 is 24.7. The van der Waals surface area contributed by atoms with Crippen LogP contribution in [-0.2, 0) is 14.8 Å². The van der Waals surface area contributed by atoms with Gasteiger partial charge in [-0.15, -0.1) is 0 Å². The highest BCUT2D eigenvalue weighted by Gasteiger charge is 2.29. The van der Waals surface area contributed by atoms with Gasteiger partial charge >= 0.3 is 0 Å². The minimum atomic E-state index is -3.14. The van der Waals surface area contributed by atoms with Crippen molar-refractivity contribution >= 4 is 15.9 Å². The third kappa shape index (κ3) is 9.90. The van der Waals surface area contributed by atoms with E-state index in [1.54, 1.807) is 0 Å². The van der Waals surface area contributed by atoms with Gasteiger partial charge in [-0.25, -0.2) is 12.7 Å². The van der Waals surface area contributed by atoms with Gasteiger partial charge in [0.15, 0.2) is 0 Å². The lowest BCUT2D eigenvalue weighted by molar-refractivity contribution is -0.126. The summed E-state index contributed by atoms with van der Waals surface area (Å²) in [4.78, 5) is 15.1. The normalized spacial score (nSPS) is 18.0. The van der Waals surface area contributed by atoms with Gasteiger partial charge in [0.25, 0.3) is 0 Å². The van der Waals surface area contributed by atoms with E-state index in [-0.39, 0.29) is 17.9 Å². The van der Waals surface area contributed by atoms with Crippen LogP contribution in [0.25, 0.3) is 0 Å². The van der Waals surface area contributed by atoms with Crippen LogP contribution in [0.1, 0.15) is 72.1 Å². The number of piperidine rings is 1. The maximum absolute atomic E-state index is 12.6. The third-order valence-electron chi connectivity index (χ3n) is 5.37. The van der Waals surface area contributed by atoms with Crippen LogP contribution >= 0.6 is 0 Å². The molecule has 0 radical (unpaired) electrons. The lowest BCUT2D eigenvalue weighted by Gasteiger charge is -2.31. The van der Waals surface area contributed by atoms with E-state index in [1.165, 1.54) is 49.1 Å². The molecular weight excluding hydrogens is 362 g/mol. The Bertz CT molecular complexity index is 507. The SMILES string of the molecule is CCCCCN(CCCCC)C[C@@H](C)NC(=O)C1CCN(S(C)(=O)=O)CC1. The van der Waals surface area contributed by atoms with E-state index in [1.807, 2.05) is 0 Å². The van der Waals surface area contributed by atoms with Crippen LogP contribution in [0.2, 0.25) is 0 Å².